The van der Waals surface area contributed by atoms with E-state index in [-0.39, 0.29) is 37.9 Å². The van der Waals surface area contributed by atoms with E-state index in [2.05, 4.69) is 71.8 Å². The topological polar surface area (TPSA) is 306 Å². The molecule has 0 aromatic carbocycles. The van der Waals surface area contributed by atoms with E-state index in [9.17, 15) is 53.7 Å². The Morgan fingerprint density at radius 2 is 1.33 bits per heavy atom. The van der Waals surface area contributed by atoms with E-state index >= 15 is 0 Å². The fourth-order valence-corrected chi connectivity index (χ4v) is 9.09. The summed E-state index contributed by atoms with van der Waals surface area (Å²) < 4.78 is 56.5. The second-order valence-corrected chi connectivity index (χ2v) is 20.3. The first-order valence-electron chi connectivity index (χ1n) is 25.1. The Hall–Kier alpha value is -3.88. The van der Waals surface area contributed by atoms with Crippen LogP contribution >= 0.6 is 15.6 Å². The van der Waals surface area contributed by atoms with Gasteiger partial charge in [0.1, 0.15) is 30.7 Å². The highest BCUT2D eigenvalue weighted by atomic mass is 31.3. The number of hydrogen-bond donors (Lipinski definition) is 7. The van der Waals surface area contributed by atoms with E-state index in [1.54, 1.807) is 6.08 Å². The molecule has 8 N–H and O–H groups in total. The van der Waals surface area contributed by atoms with Crippen LogP contribution in [0.4, 0.5) is 5.82 Å². The highest BCUT2D eigenvalue weighted by Crippen LogP contribution is 2.60. The number of nitrogen functional groups attached to an aromatic ring is 1. The smallest absolute Gasteiger partial charge is 0.462 e. The number of esters is 2. The minimum absolute atomic E-state index is 0.0321. The van der Waals surface area contributed by atoms with E-state index in [4.69, 9.17) is 29.0 Å². The molecule has 1 aliphatic rings. The molecule has 9 atom stereocenters. The summed E-state index contributed by atoms with van der Waals surface area (Å²) in [5.74, 6) is -1.62. The number of hydrogen-bond acceptors (Lipinski definition) is 17. The number of nitrogens with two attached hydrogens (primary N) is 1. The van der Waals surface area contributed by atoms with Gasteiger partial charge in [-0.3, -0.25) is 23.2 Å². The Morgan fingerprint density at radius 3 is 1.97 bits per heavy atom. The van der Waals surface area contributed by atoms with Crippen LogP contribution < -0.4 is 11.4 Å². The second kappa shape index (κ2) is 37.8. The van der Waals surface area contributed by atoms with Gasteiger partial charge >= 0.3 is 33.3 Å². The fraction of sp³-hybridized carbons (Fsp3) is 0.640. The van der Waals surface area contributed by atoms with Crippen molar-refractivity contribution in [3.63, 3.8) is 0 Å². The first kappa shape index (κ1) is 64.2. The predicted octanol–water partition coefficient (Wildman–Crippen LogP) is 8.05. The number of phosphoric ester groups is 2. The summed E-state index contributed by atoms with van der Waals surface area (Å²) >= 11 is 0. The molecule has 0 radical (unpaired) electrons. The van der Waals surface area contributed by atoms with Gasteiger partial charge in [0.25, 0.3) is 0 Å². The van der Waals surface area contributed by atoms with Gasteiger partial charge in [0.2, 0.25) is 0 Å². The molecule has 1 aromatic rings. The Morgan fingerprint density at radius 1 is 0.750 bits per heavy atom. The second-order valence-electron chi connectivity index (χ2n) is 17.3. The molecule has 1 aromatic heterocycles. The molecule has 2 heterocycles. The number of anilines is 1. The number of unbranched alkanes of at least 4 members (excludes halogenated alkanes) is 9. The van der Waals surface area contributed by atoms with Crippen molar-refractivity contribution in [3.8, 4) is 0 Å². The molecule has 72 heavy (non-hydrogen) atoms. The lowest BCUT2D eigenvalue weighted by molar-refractivity contribution is -0.161. The molecule has 0 amide bonds. The van der Waals surface area contributed by atoms with Crippen LogP contribution in [0.15, 0.2) is 90.0 Å². The molecule has 0 aliphatic carbocycles. The lowest BCUT2D eigenvalue weighted by Crippen LogP contribution is -2.36. The molecular weight excluding hydrogens is 977 g/mol. The van der Waals surface area contributed by atoms with Crippen LogP contribution in [0.1, 0.15) is 148 Å². The number of aliphatic hydroxyl groups excluding tert-OH is 4. The molecule has 2 rings (SSSR count). The predicted molar refractivity (Wildman–Crippen MR) is 273 cm³/mol. The Bertz CT molecular complexity index is 2030. The van der Waals surface area contributed by atoms with Gasteiger partial charge in [0.15, 0.2) is 12.3 Å². The number of ether oxygens (including phenoxy) is 3. The van der Waals surface area contributed by atoms with Gasteiger partial charge in [0.05, 0.1) is 25.4 Å². The SMILES string of the molecule is CC/C=C\C/C=C\C/C=C\C/C=C\C[C@H](O)[C@@H](O)CCCC(=O)OC[C@H](COP(=O)(O)OP(=O)(O)OC[C@H]1O[C@@H](n2ccc(N)nc2=O)[C@H](O)[C@@H]1O)OC(=O)CCCCCCC/C=C\C=C/CCCCCC. The van der Waals surface area contributed by atoms with Gasteiger partial charge in [-0.05, 0) is 83.1 Å². The summed E-state index contributed by atoms with van der Waals surface area (Å²) in [4.78, 5) is 61.9. The van der Waals surface area contributed by atoms with E-state index in [1.165, 1.54) is 31.7 Å². The lowest BCUT2D eigenvalue weighted by atomic mass is 10.0. The summed E-state index contributed by atoms with van der Waals surface area (Å²) in [5.41, 5.74) is 4.56. The average Bonchev–Trinajstić information content (AvgIpc) is 3.61. The minimum atomic E-state index is -5.49. The largest absolute Gasteiger partial charge is 0.481 e. The van der Waals surface area contributed by atoms with Crippen molar-refractivity contribution in [3.05, 3.63) is 95.7 Å². The van der Waals surface area contributed by atoms with Gasteiger partial charge in [0, 0.05) is 19.0 Å². The van der Waals surface area contributed by atoms with Crippen LogP contribution in [0, 0.1) is 0 Å². The Labute approximate surface area is 424 Å². The number of nitrogens with zero attached hydrogens (tertiary/aromatic N) is 2. The van der Waals surface area contributed by atoms with Crippen LogP contribution in [0.5, 0.6) is 0 Å². The number of rotatable bonds is 40. The van der Waals surface area contributed by atoms with Gasteiger partial charge in [-0.15, -0.1) is 0 Å². The van der Waals surface area contributed by atoms with Crippen LogP contribution in [0.3, 0.4) is 0 Å². The number of allylic oxidation sites excluding steroid dienone is 11. The monoisotopic (exact) mass is 1060 g/mol. The molecule has 0 bridgehead atoms. The van der Waals surface area contributed by atoms with E-state index < -0.39 is 95.9 Å². The molecular formula is C50H81N3O17P2. The summed E-state index contributed by atoms with van der Waals surface area (Å²) in [6.45, 7) is 1.70. The van der Waals surface area contributed by atoms with Crippen LogP contribution in [-0.2, 0) is 46.3 Å². The van der Waals surface area contributed by atoms with E-state index in [1.807, 2.05) is 18.2 Å². The number of carbonyl (C=O) groups excluding carboxylic acids is 2. The maximum atomic E-state index is 12.9. The summed E-state index contributed by atoms with van der Waals surface area (Å²) in [5, 5.41) is 41.7. The third kappa shape index (κ3) is 29.7. The molecule has 0 saturated carbocycles. The highest BCUT2D eigenvalue weighted by Gasteiger charge is 2.46. The number of phosphoric acid groups is 2. The maximum absolute atomic E-state index is 12.9. The number of aliphatic hydroxyl groups is 4. The van der Waals surface area contributed by atoms with E-state index in [0.29, 0.717) is 12.8 Å². The van der Waals surface area contributed by atoms with Crippen LogP contribution in [0.25, 0.3) is 0 Å². The summed E-state index contributed by atoms with van der Waals surface area (Å²) in [6, 6.07) is 1.23. The number of carbonyl (C=O) groups is 2. The third-order valence-corrected chi connectivity index (χ3v) is 13.6. The fourth-order valence-electron chi connectivity index (χ4n) is 6.98. The van der Waals surface area contributed by atoms with Gasteiger partial charge < -0.3 is 50.2 Å². The molecule has 22 heteroatoms. The first-order valence-corrected chi connectivity index (χ1v) is 28.1. The Balaban J connectivity index is 1.88. The van der Waals surface area contributed by atoms with Crippen molar-refractivity contribution in [2.75, 3.05) is 25.6 Å². The molecule has 408 valence electrons. The molecule has 1 fully saturated rings. The zero-order valence-electron chi connectivity index (χ0n) is 41.9. The number of aromatic nitrogens is 2. The van der Waals surface area contributed by atoms with Crippen molar-refractivity contribution in [2.45, 2.75) is 185 Å². The first-order chi connectivity index (χ1) is 34.5. The van der Waals surface area contributed by atoms with Gasteiger partial charge in [-0.1, -0.05) is 125 Å². The standard InChI is InChI=1S/C50H81N3O17P2/c1-3-5-7-9-11-13-15-17-18-19-21-23-25-27-29-33-46(57)68-40(37-65-45(56)34-30-32-42(55)41(54)31-28-26-24-22-20-16-14-12-10-8-6-4-2)38-66-71(61,62)70-72(63,64)67-39-43-47(58)48(59)49(69-43)53-36-35-44(51)52-50(53)60/h6,8,12-15,17-18,20,22,26,28,35-36,40-43,47-49,54-55,58-59H,3-5,7,9-11,16,19,21,23-25,27,29-34,37-39H2,1-2H3,(H,61,62)(H,63,64)(H2,51,52,60)/b8-6-,14-12-,15-13-,18-17-,22-20-,28-26-/t40-,41+,42+,43-,47-,48-,49-/m1/s1. The lowest BCUT2D eigenvalue weighted by Gasteiger charge is -2.21. The minimum Gasteiger partial charge on any atom is -0.462 e. The van der Waals surface area contributed by atoms with Crippen LogP contribution in [0.2, 0.25) is 0 Å². The Kier molecular flexibility index (Phi) is 33.7. The zero-order chi connectivity index (χ0) is 53.0. The van der Waals surface area contributed by atoms with E-state index in [0.717, 1.165) is 68.6 Å². The summed E-state index contributed by atoms with van der Waals surface area (Å²) in [6.07, 6.45) is 30.0. The normalized spacial score (nSPS) is 20.6. The van der Waals surface area contributed by atoms with Crippen molar-refractivity contribution < 1.29 is 76.5 Å². The third-order valence-electron chi connectivity index (χ3n) is 11.0. The van der Waals surface area contributed by atoms with Crippen molar-refractivity contribution >= 4 is 33.4 Å². The van der Waals surface area contributed by atoms with Crippen molar-refractivity contribution in [2.24, 2.45) is 0 Å². The maximum Gasteiger partial charge on any atom is 0.481 e. The molecule has 1 aliphatic heterocycles. The molecule has 1 saturated heterocycles. The van der Waals surface area contributed by atoms with Gasteiger partial charge in [-0.25, -0.2) is 13.9 Å². The molecule has 2 unspecified atom stereocenters. The quantitative estimate of drug-likeness (QED) is 0.0107. The molecule has 0 spiro atoms. The highest BCUT2D eigenvalue weighted by molar-refractivity contribution is 7.61. The average molecular weight is 1060 g/mol. The van der Waals surface area contributed by atoms with Gasteiger partial charge in [-0.2, -0.15) is 9.29 Å². The molecule has 20 nitrogen and oxygen atoms in total. The van der Waals surface area contributed by atoms with Crippen LogP contribution in [-0.4, -0.2) is 108 Å². The zero-order valence-corrected chi connectivity index (χ0v) is 43.7. The van der Waals surface area contributed by atoms with Crippen molar-refractivity contribution in [1.82, 2.24) is 9.55 Å². The van der Waals surface area contributed by atoms with Crippen molar-refractivity contribution in [1.29, 1.82) is 0 Å². The summed E-state index contributed by atoms with van der Waals surface area (Å²) in [7, 11) is -11.0.